The van der Waals surface area contributed by atoms with Gasteiger partial charge in [0.1, 0.15) is 5.75 Å². The number of aliphatic hydroxyl groups excluding tert-OH is 1. The number of ether oxygens (including phenoxy) is 1. The molecule has 98 valence electrons. The third kappa shape index (κ3) is 2.56. The van der Waals surface area contributed by atoms with Gasteiger partial charge in [0.2, 0.25) is 0 Å². The maximum Gasteiger partial charge on any atom is 0.125 e. The van der Waals surface area contributed by atoms with Gasteiger partial charge in [-0.25, -0.2) is 0 Å². The molecule has 1 aromatic rings. The van der Waals surface area contributed by atoms with Crippen molar-refractivity contribution in [2.45, 2.75) is 25.4 Å². The average molecular weight is 329 g/mol. The molecule has 0 aromatic heterocycles. The molecule has 2 aliphatic heterocycles. The van der Waals surface area contributed by atoms with Crippen LogP contribution in [0.5, 0.6) is 5.75 Å². The number of rotatable bonds is 3. The van der Waals surface area contributed by atoms with Crippen LogP contribution in [0.3, 0.4) is 0 Å². The van der Waals surface area contributed by atoms with E-state index in [9.17, 15) is 5.11 Å². The minimum atomic E-state index is -0.234. The van der Waals surface area contributed by atoms with E-state index in [0.717, 1.165) is 41.0 Å². The van der Waals surface area contributed by atoms with Gasteiger partial charge >= 0.3 is 0 Å². The monoisotopic (exact) mass is 328 g/mol. The van der Waals surface area contributed by atoms with Crippen molar-refractivity contribution in [2.24, 2.45) is 5.92 Å². The fourth-order valence-corrected chi connectivity index (χ4v) is 4.63. The van der Waals surface area contributed by atoms with E-state index in [0.29, 0.717) is 12.3 Å². The number of benzene rings is 1. The highest BCUT2D eigenvalue weighted by atomic mass is 79.9. The SMILES string of the molecule is OC(Cc1cc(Br)cc2c1OCC2)C1CCSC1. The Hall–Kier alpha value is -0.190. The molecule has 2 heterocycles. The Kier molecular flexibility index (Phi) is 3.87. The molecule has 0 bridgehead atoms. The molecule has 2 unspecified atom stereocenters. The quantitative estimate of drug-likeness (QED) is 0.924. The number of hydrogen-bond donors (Lipinski definition) is 1. The predicted octanol–water partition coefficient (Wildman–Crippen LogP) is 3.04. The van der Waals surface area contributed by atoms with E-state index < -0.39 is 0 Å². The minimum Gasteiger partial charge on any atom is -0.493 e. The predicted molar refractivity (Wildman–Crippen MR) is 78.5 cm³/mol. The van der Waals surface area contributed by atoms with E-state index in [1.807, 2.05) is 11.8 Å². The van der Waals surface area contributed by atoms with E-state index in [-0.39, 0.29) is 6.10 Å². The first-order valence-electron chi connectivity index (χ1n) is 6.44. The van der Waals surface area contributed by atoms with Gasteiger partial charge in [0.05, 0.1) is 12.7 Å². The highest BCUT2D eigenvalue weighted by Crippen LogP contribution is 2.35. The molecule has 1 fully saturated rings. The zero-order valence-electron chi connectivity index (χ0n) is 10.2. The first kappa shape index (κ1) is 12.8. The maximum absolute atomic E-state index is 10.3. The van der Waals surface area contributed by atoms with E-state index in [4.69, 9.17) is 4.74 Å². The van der Waals surface area contributed by atoms with Crippen molar-refractivity contribution in [2.75, 3.05) is 18.1 Å². The fraction of sp³-hybridized carbons (Fsp3) is 0.571. The van der Waals surface area contributed by atoms with Gasteiger partial charge in [-0.3, -0.25) is 0 Å². The number of halogens is 1. The molecule has 4 heteroatoms. The molecular weight excluding hydrogens is 312 g/mol. The summed E-state index contributed by atoms with van der Waals surface area (Å²) in [6.07, 6.45) is 2.61. The molecule has 0 aliphatic carbocycles. The second-order valence-electron chi connectivity index (χ2n) is 5.05. The summed E-state index contributed by atoms with van der Waals surface area (Å²) in [4.78, 5) is 0. The minimum absolute atomic E-state index is 0.234. The Morgan fingerprint density at radius 3 is 3.17 bits per heavy atom. The van der Waals surface area contributed by atoms with Gasteiger partial charge in [-0.1, -0.05) is 15.9 Å². The second kappa shape index (κ2) is 5.43. The van der Waals surface area contributed by atoms with E-state index >= 15 is 0 Å². The Balaban J connectivity index is 1.79. The largest absolute Gasteiger partial charge is 0.493 e. The topological polar surface area (TPSA) is 29.5 Å². The third-order valence-corrected chi connectivity index (χ3v) is 5.41. The average Bonchev–Trinajstić information content (AvgIpc) is 2.98. The maximum atomic E-state index is 10.3. The van der Waals surface area contributed by atoms with Crippen LogP contribution >= 0.6 is 27.7 Å². The van der Waals surface area contributed by atoms with E-state index in [2.05, 4.69) is 28.1 Å². The Morgan fingerprint density at radius 1 is 1.50 bits per heavy atom. The van der Waals surface area contributed by atoms with Crippen molar-refractivity contribution in [3.63, 3.8) is 0 Å². The van der Waals surface area contributed by atoms with Crippen molar-refractivity contribution >= 4 is 27.7 Å². The molecule has 0 radical (unpaired) electrons. The van der Waals surface area contributed by atoms with Crippen LogP contribution in [-0.2, 0) is 12.8 Å². The summed E-state index contributed by atoms with van der Waals surface area (Å²) in [5.74, 6) is 3.75. The summed E-state index contributed by atoms with van der Waals surface area (Å²) in [6.45, 7) is 0.772. The molecule has 2 nitrogen and oxygen atoms in total. The van der Waals surface area contributed by atoms with Crippen LogP contribution in [0.25, 0.3) is 0 Å². The summed E-state index contributed by atoms with van der Waals surface area (Å²) < 4.78 is 6.80. The Bertz CT molecular complexity index is 444. The van der Waals surface area contributed by atoms with Crippen LogP contribution in [-0.4, -0.2) is 29.3 Å². The van der Waals surface area contributed by atoms with Gasteiger partial charge in [-0.05, 0) is 47.1 Å². The number of hydrogen-bond acceptors (Lipinski definition) is 3. The molecule has 18 heavy (non-hydrogen) atoms. The number of fused-ring (bicyclic) bond motifs is 1. The summed E-state index contributed by atoms with van der Waals surface area (Å²) in [6, 6.07) is 4.22. The van der Waals surface area contributed by atoms with Crippen molar-refractivity contribution < 1.29 is 9.84 Å². The highest BCUT2D eigenvalue weighted by Gasteiger charge is 2.26. The lowest BCUT2D eigenvalue weighted by Crippen LogP contribution is -2.22. The zero-order valence-corrected chi connectivity index (χ0v) is 12.6. The van der Waals surface area contributed by atoms with Crippen LogP contribution < -0.4 is 4.74 Å². The van der Waals surface area contributed by atoms with E-state index in [1.165, 1.54) is 11.3 Å². The smallest absolute Gasteiger partial charge is 0.125 e. The summed E-state index contributed by atoms with van der Waals surface area (Å²) in [7, 11) is 0. The van der Waals surface area contributed by atoms with Gasteiger partial charge in [0, 0.05) is 17.3 Å². The van der Waals surface area contributed by atoms with Crippen LogP contribution in [0.1, 0.15) is 17.5 Å². The number of aliphatic hydroxyl groups is 1. The first-order valence-corrected chi connectivity index (χ1v) is 8.38. The standard InChI is InChI=1S/C14H17BrO2S/c15-12-5-9-1-3-17-14(9)11(6-12)7-13(16)10-2-4-18-8-10/h5-6,10,13,16H,1-4,7-8H2. The molecule has 0 saturated carbocycles. The van der Waals surface area contributed by atoms with Crippen molar-refractivity contribution in [1.82, 2.24) is 0 Å². The second-order valence-corrected chi connectivity index (χ2v) is 7.11. The van der Waals surface area contributed by atoms with Gasteiger partial charge < -0.3 is 9.84 Å². The molecule has 1 N–H and O–H groups in total. The van der Waals surface area contributed by atoms with E-state index in [1.54, 1.807) is 0 Å². The normalized spacial score (nSPS) is 23.8. The fourth-order valence-electron chi connectivity index (χ4n) is 2.75. The highest BCUT2D eigenvalue weighted by molar-refractivity contribution is 9.10. The summed E-state index contributed by atoms with van der Waals surface area (Å²) in [5, 5.41) is 10.3. The van der Waals surface area contributed by atoms with Gasteiger partial charge in [-0.15, -0.1) is 0 Å². The molecule has 3 rings (SSSR count). The molecule has 0 amide bonds. The molecule has 2 atom stereocenters. The molecule has 2 aliphatic rings. The lowest BCUT2D eigenvalue weighted by atomic mass is 9.94. The van der Waals surface area contributed by atoms with Crippen molar-refractivity contribution in [3.05, 3.63) is 27.7 Å². The third-order valence-electron chi connectivity index (χ3n) is 3.76. The van der Waals surface area contributed by atoms with Crippen molar-refractivity contribution in [1.29, 1.82) is 0 Å². The van der Waals surface area contributed by atoms with Crippen LogP contribution in [0.15, 0.2) is 16.6 Å². The van der Waals surface area contributed by atoms with Gasteiger partial charge in [0.25, 0.3) is 0 Å². The zero-order chi connectivity index (χ0) is 12.5. The Morgan fingerprint density at radius 2 is 2.39 bits per heavy atom. The molecular formula is C14H17BrO2S. The van der Waals surface area contributed by atoms with Crippen molar-refractivity contribution in [3.8, 4) is 5.75 Å². The summed E-state index contributed by atoms with van der Waals surface area (Å²) in [5.41, 5.74) is 2.42. The molecule has 0 spiro atoms. The number of thioether (sulfide) groups is 1. The first-order chi connectivity index (χ1) is 8.74. The molecule has 1 aromatic carbocycles. The lowest BCUT2D eigenvalue weighted by Gasteiger charge is -2.18. The summed E-state index contributed by atoms with van der Waals surface area (Å²) >= 11 is 5.50. The van der Waals surface area contributed by atoms with Gasteiger partial charge in [0.15, 0.2) is 0 Å². The van der Waals surface area contributed by atoms with Gasteiger partial charge in [-0.2, -0.15) is 11.8 Å². The molecule has 1 saturated heterocycles. The van der Waals surface area contributed by atoms with Crippen LogP contribution in [0, 0.1) is 5.92 Å². The van der Waals surface area contributed by atoms with Crippen LogP contribution in [0.2, 0.25) is 0 Å². The lowest BCUT2D eigenvalue weighted by molar-refractivity contribution is 0.119. The Labute approximate surface area is 120 Å². The van der Waals surface area contributed by atoms with Crippen LogP contribution in [0.4, 0.5) is 0 Å².